The average Bonchev–Trinajstić information content (AvgIpc) is 2.38. The Morgan fingerprint density at radius 3 is 2.63 bits per heavy atom. The van der Waals surface area contributed by atoms with Crippen molar-refractivity contribution in [1.82, 2.24) is 4.90 Å². The van der Waals surface area contributed by atoms with Gasteiger partial charge in [-0.15, -0.1) is 0 Å². The number of amides is 1. The van der Waals surface area contributed by atoms with E-state index in [2.05, 4.69) is 0 Å². The lowest BCUT2D eigenvalue weighted by Gasteiger charge is -2.35. The van der Waals surface area contributed by atoms with Gasteiger partial charge in [-0.25, -0.2) is 4.39 Å². The van der Waals surface area contributed by atoms with Gasteiger partial charge in [0.1, 0.15) is 11.7 Å². The second-order valence-corrected chi connectivity index (χ2v) is 4.79. The molecule has 19 heavy (non-hydrogen) atoms. The van der Waals surface area contributed by atoms with Crippen LogP contribution in [0.2, 0.25) is 0 Å². The van der Waals surface area contributed by atoms with Crippen LogP contribution >= 0.6 is 0 Å². The zero-order valence-corrected chi connectivity index (χ0v) is 10.7. The number of carboxylic acid groups (broad SMARTS) is 1. The minimum absolute atomic E-state index is 0.241. The summed E-state index contributed by atoms with van der Waals surface area (Å²) in [5, 5.41) is 9.02. The largest absolute Gasteiger partial charge is 0.481 e. The molecule has 0 bridgehead atoms. The molecule has 0 spiro atoms. The molecule has 1 aromatic carbocycles. The number of aliphatic carboxylic acids is 1. The SMILES string of the molecule is CC(c1ccc(F)cc1)N1CCCC(C(=O)O)C1=O. The normalized spacial score (nSPS) is 21.3. The highest BCUT2D eigenvalue weighted by atomic mass is 19.1. The quantitative estimate of drug-likeness (QED) is 0.852. The number of benzene rings is 1. The third kappa shape index (κ3) is 2.75. The first-order valence-electron chi connectivity index (χ1n) is 6.29. The van der Waals surface area contributed by atoms with E-state index in [-0.39, 0.29) is 17.8 Å². The van der Waals surface area contributed by atoms with Crippen LogP contribution in [0.4, 0.5) is 4.39 Å². The van der Waals surface area contributed by atoms with Gasteiger partial charge in [0, 0.05) is 6.54 Å². The minimum atomic E-state index is -1.07. The van der Waals surface area contributed by atoms with E-state index in [1.807, 2.05) is 6.92 Å². The van der Waals surface area contributed by atoms with Gasteiger partial charge in [-0.05, 0) is 37.5 Å². The summed E-state index contributed by atoms with van der Waals surface area (Å²) in [5.74, 6) is -2.70. The lowest BCUT2D eigenvalue weighted by atomic mass is 9.94. The summed E-state index contributed by atoms with van der Waals surface area (Å²) in [7, 11) is 0. The van der Waals surface area contributed by atoms with Gasteiger partial charge >= 0.3 is 5.97 Å². The molecule has 1 N–H and O–H groups in total. The second-order valence-electron chi connectivity index (χ2n) is 4.79. The highest BCUT2D eigenvalue weighted by Crippen LogP contribution is 2.27. The van der Waals surface area contributed by atoms with Crippen molar-refractivity contribution >= 4 is 11.9 Å². The first-order valence-corrected chi connectivity index (χ1v) is 6.29. The van der Waals surface area contributed by atoms with Gasteiger partial charge in [-0.2, -0.15) is 0 Å². The first-order chi connectivity index (χ1) is 9.00. The number of nitrogens with zero attached hydrogens (tertiary/aromatic N) is 1. The van der Waals surface area contributed by atoms with Gasteiger partial charge in [0.2, 0.25) is 5.91 Å². The third-order valence-corrected chi connectivity index (χ3v) is 3.59. The molecule has 1 fully saturated rings. The van der Waals surface area contributed by atoms with Gasteiger partial charge < -0.3 is 10.0 Å². The maximum absolute atomic E-state index is 12.9. The van der Waals surface area contributed by atoms with Crippen molar-refractivity contribution in [2.45, 2.75) is 25.8 Å². The van der Waals surface area contributed by atoms with Crippen LogP contribution in [0.3, 0.4) is 0 Å². The molecular formula is C14H16FNO3. The Hall–Kier alpha value is -1.91. The number of likely N-dealkylation sites (tertiary alicyclic amines) is 1. The molecule has 1 amide bonds. The van der Waals surface area contributed by atoms with Crippen LogP contribution in [0.15, 0.2) is 24.3 Å². The highest BCUT2D eigenvalue weighted by Gasteiger charge is 2.36. The molecule has 1 aliphatic heterocycles. The van der Waals surface area contributed by atoms with Crippen molar-refractivity contribution < 1.29 is 19.1 Å². The van der Waals surface area contributed by atoms with E-state index < -0.39 is 11.9 Å². The fourth-order valence-corrected chi connectivity index (χ4v) is 2.43. The molecule has 0 aromatic heterocycles. The summed E-state index contributed by atoms with van der Waals surface area (Å²) < 4.78 is 12.9. The topological polar surface area (TPSA) is 57.6 Å². The molecule has 1 saturated heterocycles. The van der Waals surface area contributed by atoms with Crippen LogP contribution in [0, 0.1) is 11.7 Å². The average molecular weight is 265 g/mol. The lowest BCUT2D eigenvalue weighted by molar-refractivity contribution is -0.155. The smallest absolute Gasteiger partial charge is 0.316 e. The summed E-state index contributed by atoms with van der Waals surface area (Å²) in [6, 6.07) is 5.69. The van der Waals surface area contributed by atoms with E-state index in [1.165, 1.54) is 12.1 Å². The number of carbonyl (C=O) groups excluding carboxylic acids is 1. The van der Waals surface area contributed by atoms with E-state index in [0.29, 0.717) is 19.4 Å². The number of piperidine rings is 1. The standard InChI is InChI=1S/C14H16FNO3/c1-9(10-4-6-11(15)7-5-10)16-8-2-3-12(13(16)17)14(18)19/h4-7,9,12H,2-3,8H2,1H3,(H,18,19). The van der Waals surface area contributed by atoms with Crippen LogP contribution in [0.5, 0.6) is 0 Å². The number of hydrogen-bond acceptors (Lipinski definition) is 2. The van der Waals surface area contributed by atoms with E-state index in [0.717, 1.165) is 5.56 Å². The Balaban J connectivity index is 2.18. The molecule has 102 valence electrons. The Morgan fingerprint density at radius 1 is 1.42 bits per heavy atom. The number of halogens is 1. The van der Waals surface area contributed by atoms with Gasteiger partial charge in [0.25, 0.3) is 0 Å². The Labute approximate surface area is 110 Å². The lowest BCUT2D eigenvalue weighted by Crippen LogP contribution is -2.45. The number of carboxylic acids is 1. The molecular weight excluding hydrogens is 249 g/mol. The summed E-state index contributed by atoms with van der Waals surface area (Å²) >= 11 is 0. The molecule has 2 unspecified atom stereocenters. The fraction of sp³-hybridized carbons (Fsp3) is 0.429. The van der Waals surface area contributed by atoms with Crippen LogP contribution < -0.4 is 0 Å². The first kappa shape index (κ1) is 13.5. The number of hydrogen-bond donors (Lipinski definition) is 1. The molecule has 5 heteroatoms. The zero-order chi connectivity index (χ0) is 14.0. The number of rotatable bonds is 3. The molecule has 0 saturated carbocycles. The predicted octanol–water partition coefficient (Wildman–Crippen LogP) is 2.21. The second kappa shape index (κ2) is 5.38. The molecule has 0 aliphatic carbocycles. The van der Waals surface area contributed by atoms with Crippen molar-refractivity contribution in [2.24, 2.45) is 5.92 Å². The summed E-state index contributed by atoms with van der Waals surface area (Å²) in [5.41, 5.74) is 0.806. The van der Waals surface area contributed by atoms with Crippen LogP contribution in [-0.4, -0.2) is 28.4 Å². The van der Waals surface area contributed by atoms with Crippen molar-refractivity contribution in [3.63, 3.8) is 0 Å². The molecule has 1 heterocycles. The number of carbonyl (C=O) groups is 2. The molecule has 2 atom stereocenters. The summed E-state index contributed by atoms with van der Waals surface area (Å²) in [4.78, 5) is 24.7. The monoisotopic (exact) mass is 265 g/mol. The van der Waals surface area contributed by atoms with E-state index in [9.17, 15) is 14.0 Å². The minimum Gasteiger partial charge on any atom is -0.481 e. The van der Waals surface area contributed by atoms with E-state index in [4.69, 9.17) is 5.11 Å². The zero-order valence-electron chi connectivity index (χ0n) is 10.7. The fourth-order valence-electron chi connectivity index (χ4n) is 2.43. The van der Waals surface area contributed by atoms with Gasteiger partial charge in [0.05, 0.1) is 6.04 Å². The molecule has 0 radical (unpaired) electrons. The van der Waals surface area contributed by atoms with Crippen molar-refractivity contribution in [3.05, 3.63) is 35.6 Å². The van der Waals surface area contributed by atoms with Crippen molar-refractivity contribution in [3.8, 4) is 0 Å². The summed E-state index contributed by atoms with van der Waals surface area (Å²) in [6.45, 7) is 2.37. The highest BCUT2D eigenvalue weighted by molar-refractivity contribution is 5.97. The molecule has 2 rings (SSSR count). The Kier molecular flexibility index (Phi) is 3.83. The van der Waals surface area contributed by atoms with Crippen LogP contribution in [0.1, 0.15) is 31.4 Å². The maximum Gasteiger partial charge on any atom is 0.316 e. The Morgan fingerprint density at radius 2 is 2.05 bits per heavy atom. The molecule has 1 aliphatic rings. The van der Waals surface area contributed by atoms with Crippen LogP contribution in [-0.2, 0) is 9.59 Å². The van der Waals surface area contributed by atoms with E-state index in [1.54, 1.807) is 17.0 Å². The maximum atomic E-state index is 12.9. The van der Waals surface area contributed by atoms with E-state index >= 15 is 0 Å². The van der Waals surface area contributed by atoms with Crippen molar-refractivity contribution in [2.75, 3.05) is 6.54 Å². The molecule has 4 nitrogen and oxygen atoms in total. The third-order valence-electron chi connectivity index (χ3n) is 3.59. The predicted molar refractivity (Wildman–Crippen MR) is 66.9 cm³/mol. The van der Waals surface area contributed by atoms with Gasteiger partial charge in [-0.1, -0.05) is 12.1 Å². The van der Waals surface area contributed by atoms with Gasteiger partial charge in [-0.3, -0.25) is 9.59 Å². The van der Waals surface area contributed by atoms with Gasteiger partial charge in [0.15, 0.2) is 0 Å². The van der Waals surface area contributed by atoms with Crippen molar-refractivity contribution in [1.29, 1.82) is 0 Å². The summed E-state index contributed by atoms with van der Waals surface area (Å²) in [6.07, 6.45) is 1.06. The molecule has 1 aromatic rings. The van der Waals surface area contributed by atoms with Crippen LogP contribution in [0.25, 0.3) is 0 Å². The Bertz CT molecular complexity index is 486.